The molecule has 0 fully saturated rings. The molecular formula is C17H20N6O2. The molecule has 25 heavy (non-hydrogen) atoms. The first-order chi connectivity index (χ1) is 11.9. The molecule has 0 unspecified atom stereocenters. The van der Waals surface area contributed by atoms with Crippen molar-refractivity contribution in [3.63, 3.8) is 0 Å². The molecule has 1 amide bonds. The molecule has 0 saturated heterocycles. The second kappa shape index (κ2) is 6.78. The summed E-state index contributed by atoms with van der Waals surface area (Å²) in [6.07, 6.45) is 2.39. The number of nitrogens with one attached hydrogen (secondary N) is 3. The summed E-state index contributed by atoms with van der Waals surface area (Å²) in [4.78, 5) is 14.9. The van der Waals surface area contributed by atoms with Gasteiger partial charge in [0, 0.05) is 23.4 Å². The summed E-state index contributed by atoms with van der Waals surface area (Å²) in [7, 11) is 0. The highest BCUT2D eigenvalue weighted by molar-refractivity contribution is 5.71. The number of hydrogen-bond donors (Lipinski definition) is 3. The van der Waals surface area contributed by atoms with Gasteiger partial charge >= 0.3 is 0 Å². The fourth-order valence-electron chi connectivity index (χ4n) is 2.07. The Morgan fingerprint density at radius 1 is 1.20 bits per heavy atom. The molecule has 0 aliphatic rings. The minimum atomic E-state index is -0.0852. The van der Waals surface area contributed by atoms with Crippen LogP contribution in [-0.2, 0) is 4.79 Å². The van der Waals surface area contributed by atoms with Crippen LogP contribution in [0.15, 0.2) is 42.6 Å². The molecule has 0 aliphatic heterocycles. The zero-order chi connectivity index (χ0) is 17.9. The Morgan fingerprint density at radius 2 is 2.04 bits per heavy atom. The smallest absolute Gasteiger partial charge is 0.237 e. The molecule has 2 heterocycles. The second-order valence-corrected chi connectivity index (χ2v) is 6.49. The van der Waals surface area contributed by atoms with Gasteiger partial charge in [0.05, 0.1) is 6.20 Å². The van der Waals surface area contributed by atoms with E-state index >= 15 is 0 Å². The van der Waals surface area contributed by atoms with Gasteiger partial charge in [-0.2, -0.15) is 0 Å². The quantitative estimate of drug-likeness (QED) is 0.472. The van der Waals surface area contributed by atoms with Gasteiger partial charge < -0.3 is 15.5 Å². The normalized spacial score (nSPS) is 11.3. The summed E-state index contributed by atoms with van der Waals surface area (Å²) in [6, 6.07) is 10.6. The SMILES string of the molecule is CC(C)(C)NNc1cn2nc(Oc3cccc(NC=O)c3)ccc2n1. The molecule has 8 heteroatoms. The number of carbonyl (C=O) groups excluding carboxylic acids is 1. The second-order valence-electron chi connectivity index (χ2n) is 6.49. The maximum absolute atomic E-state index is 10.5. The topological polar surface area (TPSA) is 92.6 Å². The fourth-order valence-corrected chi connectivity index (χ4v) is 2.07. The molecule has 1 aromatic carbocycles. The monoisotopic (exact) mass is 340 g/mol. The summed E-state index contributed by atoms with van der Waals surface area (Å²) in [5, 5.41) is 6.97. The average molecular weight is 340 g/mol. The lowest BCUT2D eigenvalue weighted by molar-refractivity contribution is -0.105. The molecule has 0 spiro atoms. The van der Waals surface area contributed by atoms with Crippen LogP contribution in [0.2, 0.25) is 0 Å². The number of imidazole rings is 1. The van der Waals surface area contributed by atoms with E-state index in [1.54, 1.807) is 41.0 Å². The molecule has 0 bridgehead atoms. The van der Waals surface area contributed by atoms with E-state index in [1.807, 2.05) is 26.8 Å². The average Bonchev–Trinajstić information content (AvgIpc) is 2.95. The van der Waals surface area contributed by atoms with E-state index in [4.69, 9.17) is 4.74 Å². The number of carbonyl (C=O) groups is 1. The van der Waals surface area contributed by atoms with E-state index in [1.165, 1.54) is 0 Å². The summed E-state index contributed by atoms with van der Waals surface area (Å²) in [6.45, 7) is 6.15. The Hall–Kier alpha value is -3.13. The fraction of sp³-hybridized carbons (Fsp3) is 0.235. The number of benzene rings is 1. The van der Waals surface area contributed by atoms with Crippen molar-refractivity contribution in [1.29, 1.82) is 0 Å². The Morgan fingerprint density at radius 3 is 2.80 bits per heavy atom. The van der Waals surface area contributed by atoms with Crippen LogP contribution in [0.1, 0.15) is 20.8 Å². The van der Waals surface area contributed by atoms with Crippen LogP contribution in [-0.4, -0.2) is 26.5 Å². The van der Waals surface area contributed by atoms with Gasteiger partial charge in [-0.25, -0.2) is 14.9 Å². The number of amides is 1. The number of rotatable bonds is 6. The van der Waals surface area contributed by atoms with Crippen LogP contribution in [0.3, 0.4) is 0 Å². The zero-order valence-corrected chi connectivity index (χ0v) is 14.3. The number of hydrogen-bond acceptors (Lipinski definition) is 6. The first kappa shape index (κ1) is 16.7. The number of fused-ring (bicyclic) bond motifs is 1. The third-order valence-electron chi connectivity index (χ3n) is 3.14. The predicted octanol–water partition coefficient (Wildman–Crippen LogP) is 2.80. The lowest BCUT2D eigenvalue weighted by atomic mass is 10.1. The molecule has 0 radical (unpaired) electrons. The van der Waals surface area contributed by atoms with E-state index in [2.05, 4.69) is 26.3 Å². The highest BCUT2D eigenvalue weighted by Gasteiger charge is 2.10. The molecular weight excluding hydrogens is 320 g/mol. The number of anilines is 2. The van der Waals surface area contributed by atoms with Crippen LogP contribution in [0.5, 0.6) is 11.6 Å². The van der Waals surface area contributed by atoms with Crippen LogP contribution < -0.4 is 20.9 Å². The zero-order valence-electron chi connectivity index (χ0n) is 14.3. The van der Waals surface area contributed by atoms with Gasteiger partial charge in [0.15, 0.2) is 11.5 Å². The third kappa shape index (κ3) is 4.45. The van der Waals surface area contributed by atoms with Crippen molar-refractivity contribution in [3.05, 3.63) is 42.6 Å². The minimum Gasteiger partial charge on any atom is -0.438 e. The standard InChI is InChI=1S/C17H20N6O2/c1-17(2,3)22-20-14-10-23-15(19-14)7-8-16(21-23)25-13-6-4-5-12(9-13)18-11-24/h4-11,20,22H,1-3H3,(H,18,24). The van der Waals surface area contributed by atoms with E-state index in [0.29, 0.717) is 35.2 Å². The highest BCUT2D eigenvalue weighted by atomic mass is 16.5. The molecule has 3 aromatic rings. The summed E-state index contributed by atoms with van der Waals surface area (Å²) < 4.78 is 7.38. The number of hydrazine groups is 1. The van der Waals surface area contributed by atoms with E-state index in [0.717, 1.165) is 0 Å². The van der Waals surface area contributed by atoms with Crippen LogP contribution >= 0.6 is 0 Å². The van der Waals surface area contributed by atoms with Gasteiger partial charge in [0.25, 0.3) is 0 Å². The Kier molecular flexibility index (Phi) is 4.53. The number of ether oxygens (including phenoxy) is 1. The maximum atomic E-state index is 10.5. The first-order valence-electron chi connectivity index (χ1n) is 7.81. The third-order valence-corrected chi connectivity index (χ3v) is 3.14. The van der Waals surface area contributed by atoms with Crippen molar-refractivity contribution < 1.29 is 9.53 Å². The van der Waals surface area contributed by atoms with E-state index in [9.17, 15) is 4.79 Å². The van der Waals surface area contributed by atoms with Crippen molar-refractivity contribution in [2.75, 3.05) is 10.7 Å². The largest absolute Gasteiger partial charge is 0.438 e. The summed E-state index contributed by atoms with van der Waals surface area (Å²) >= 11 is 0. The van der Waals surface area contributed by atoms with Crippen molar-refractivity contribution in [2.45, 2.75) is 26.3 Å². The number of aromatic nitrogens is 3. The Balaban J connectivity index is 1.76. The van der Waals surface area contributed by atoms with Gasteiger partial charge in [-0.1, -0.05) is 6.07 Å². The van der Waals surface area contributed by atoms with Gasteiger partial charge in [-0.05, 0) is 39.0 Å². The summed E-state index contributed by atoms with van der Waals surface area (Å²) in [5.41, 5.74) is 7.47. The Bertz CT molecular complexity index is 884. The molecule has 8 nitrogen and oxygen atoms in total. The molecule has 3 N–H and O–H groups in total. The van der Waals surface area contributed by atoms with Crippen molar-refractivity contribution in [3.8, 4) is 11.6 Å². The van der Waals surface area contributed by atoms with Crippen molar-refractivity contribution in [1.82, 2.24) is 20.0 Å². The lowest BCUT2D eigenvalue weighted by Crippen LogP contribution is -2.40. The molecule has 130 valence electrons. The van der Waals surface area contributed by atoms with Crippen molar-refractivity contribution in [2.24, 2.45) is 0 Å². The Labute approximate surface area is 145 Å². The highest BCUT2D eigenvalue weighted by Crippen LogP contribution is 2.23. The van der Waals surface area contributed by atoms with Gasteiger partial charge in [0.2, 0.25) is 12.3 Å². The number of nitrogens with zero attached hydrogens (tertiary/aromatic N) is 3. The van der Waals surface area contributed by atoms with Gasteiger partial charge in [-0.3, -0.25) is 4.79 Å². The van der Waals surface area contributed by atoms with Crippen LogP contribution in [0.4, 0.5) is 11.5 Å². The molecule has 0 saturated carbocycles. The van der Waals surface area contributed by atoms with Gasteiger partial charge in [-0.15, -0.1) is 5.10 Å². The molecule has 0 atom stereocenters. The molecule has 3 rings (SSSR count). The molecule has 0 aliphatic carbocycles. The maximum Gasteiger partial charge on any atom is 0.237 e. The lowest BCUT2D eigenvalue weighted by Gasteiger charge is -2.20. The van der Waals surface area contributed by atoms with E-state index < -0.39 is 0 Å². The van der Waals surface area contributed by atoms with Crippen LogP contribution in [0, 0.1) is 0 Å². The van der Waals surface area contributed by atoms with Crippen molar-refractivity contribution >= 4 is 23.6 Å². The van der Waals surface area contributed by atoms with E-state index in [-0.39, 0.29) is 5.54 Å². The summed E-state index contributed by atoms with van der Waals surface area (Å²) in [5.74, 6) is 1.66. The molecule has 2 aromatic heterocycles. The van der Waals surface area contributed by atoms with Crippen LogP contribution in [0.25, 0.3) is 5.65 Å². The van der Waals surface area contributed by atoms with Gasteiger partial charge in [0.1, 0.15) is 5.75 Å². The predicted molar refractivity (Wildman–Crippen MR) is 95.7 cm³/mol. The minimum absolute atomic E-state index is 0.0852. The first-order valence-corrected chi connectivity index (χ1v) is 7.81.